The maximum atomic E-state index is 12.8. The Kier molecular flexibility index (Phi) is 4.53. The van der Waals surface area contributed by atoms with E-state index in [2.05, 4.69) is 30.7 Å². The van der Waals surface area contributed by atoms with Gasteiger partial charge in [-0.3, -0.25) is 0 Å². The van der Waals surface area contributed by atoms with E-state index in [1.165, 1.54) is 0 Å². The van der Waals surface area contributed by atoms with Crippen molar-refractivity contribution in [2.24, 2.45) is 0 Å². The molecule has 0 unspecified atom stereocenters. The van der Waals surface area contributed by atoms with Crippen molar-refractivity contribution in [3.05, 3.63) is 48.0 Å². The fraction of sp³-hybridized carbons (Fsp3) is 0.500. The molecule has 130 valence electrons. The summed E-state index contributed by atoms with van der Waals surface area (Å²) >= 11 is 0. The second-order valence-corrected chi connectivity index (χ2v) is 9.37. The van der Waals surface area contributed by atoms with Crippen LogP contribution in [0.4, 0.5) is 0 Å². The molecule has 24 heavy (non-hydrogen) atoms. The second kappa shape index (κ2) is 6.33. The number of rotatable bonds is 3. The maximum Gasteiger partial charge on any atom is 0.243 e. The molecule has 0 atom stereocenters. The summed E-state index contributed by atoms with van der Waals surface area (Å²) in [6.07, 6.45) is 5.16. The summed E-state index contributed by atoms with van der Waals surface area (Å²) in [5, 5.41) is 0. The number of imidazole rings is 1. The predicted octanol–water partition coefficient (Wildman–Crippen LogP) is 3.28. The molecular weight excluding hydrogens is 322 g/mol. The number of sulfonamides is 1. The first kappa shape index (κ1) is 17.2. The highest BCUT2D eigenvalue weighted by molar-refractivity contribution is 7.89. The molecule has 1 N–H and O–H groups in total. The minimum absolute atomic E-state index is 0.0175. The normalized spacial score (nSPS) is 18.0. The summed E-state index contributed by atoms with van der Waals surface area (Å²) < 4.78 is 27.3. The molecule has 0 bridgehead atoms. The lowest BCUT2D eigenvalue weighted by molar-refractivity contribution is 0.314. The lowest BCUT2D eigenvalue weighted by Gasteiger charge is -2.30. The van der Waals surface area contributed by atoms with Gasteiger partial charge >= 0.3 is 0 Å². The number of aromatic nitrogens is 2. The van der Waals surface area contributed by atoms with E-state index < -0.39 is 10.0 Å². The third-order valence-corrected chi connectivity index (χ3v) is 6.63. The van der Waals surface area contributed by atoms with Gasteiger partial charge in [0.1, 0.15) is 5.82 Å². The quantitative estimate of drug-likeness (QED) is 0.926. The highest BCUT2D eigenvalue weighted by Crippen LogP contribution is 2.30. The third-order valence-electron chi connectivity index (χ3n) is 4.72. The number of hydrogen-bond donors (Lipinski definition) is 1. The van der Waals surface area contributed by atoms with Gasteiger partial charge < -0.3 is 4.98 Å². The molecule has 1 aromatic carbocycles. The minimum atomic E-state index is -3.41. The number of nitrogens with zero attached hydrogens (tertiary/aromatic N) is 2. The molecule has 0 aliphatic carbocycles. The van der Waals surface area contributed by atoms with E-state index >= 15 is 0 Å². The zero-order valence-electron chi connectivity index (χ0n) is 14.5. The monoisotopic (exact) mass is 347 g/mol. The molecule has 0 saturated carbocycles. The number of aromatic amines is 1. The molecule has 1 fully saturated rings. The van der Waals surface area contributed by atoms with Crippen LogP contribution >= 0.6 is 0 Å². The molecule has 5 nitrogen and oxygen atoms in total. The largest absolute Gasteiger partial charge is 0.348 e. The molecule has 0 spiro atoms. The number of piperidine rings is 1. The van der Waals surface area contributed by atoms with Gasteiger partial charge in [0.25, 0.3) is 0 Å². The van der Waals surface area contributed by atoms with Crippen molar-refractivity contribution >= 4 is 10.0 Å². The molecular formula is C18H25N3O2S. The van der Waals surface area contributed by atoms with Crippen LogP contribution in [-0.4, -0.2) is 35.8 Å². The van der Waals surface area contributed by atoms with Crippen LogP contribution in [0.25, 0.3) is 0 Å². The Balaban J connectivity index is 1.72. The van der Waals surface area contributed by atoms with Crippen molar-refractivity contribution in [1.29, 1.82) is 0 Å². The standard InChI is InChI=1S/C18H25N3O2S/c1-18(2,3)15-4-6-16(7-5-15)24(22,23)21-12-8-14(9-13-21)17-19-10-11-20-17/h4-7,10-11,14H,8-9,12-13H2,1-3H3,(H,19,20). The third kappa shape index (κ3) is 3.39. The Hall–Kier alpha value is -1.66. The Morgan fingerprint density at radius 1 is 1.12 bits per heavy atom. The first-order valence-electron chi connectivity index (χ1n) is 8.38. The van der Waals surface area contributed by atoms with E-state index in [1.54, 1.807) is 22.6 Å². The molecule has 2 aromatic rings. The fourth-order valence-corrected chi connectivity index (χ4v) is 4.62. The van der Waals surface area contributed by atoms with E-state index in [4.69, 9.17) is 0 Å². The van der Waals surface area contributed by atoms with Crippen LogP contribution in [0.3, 0.4) is 0 Å². The Morgan fingerprint density at radius 2 is 1.75 bits per heavy atom. The van der Waals surface area contributed by atoms with Crippen LogP contribution in [0, 0.1) is 0 Å². The van der Waals surface area contributed by atoms with Crippen molar-refractivity contribution in [2.75, 3.05) is 13.1 Å². The molecule has 1 aliphatic rings. The van der Waals surface area contributed by atoms with E-state index in [0.29, 0.717) is 23.9 Å². The first-order chi connectivity index (χ1) is 11.3. The molecule has 0 radical (unpaired) electrons. The summed E-state index contributed by atoms with van der Waals surface area (Å²) in [4.78, 5) is 7.81. The molecule has 1 aliphatic heterocycles. The first-order valence-corrected chi connectivity index (χ1v) is 9.82. The van der Waals surface area contributed by atoms with Gasteiger partial charge in [-0.2, -0.15) is 4.31 Å². The van der Waals surface area contributed by atoms with Crippen LogP contribution in [0.2, 0.25) is 0 Å². The van der Waals surface area contributed by atoms with Gasteiger partial charge in [-0.05, 0) is 36.0 Å². The predicted molar refractivity (Wildman–Crippen MR) is 94.5 cm³/mol. The SMILES string of the molecule is CC(C)(C)c1ccc(S(=O)(=O)N2CCC(c3ncc[nH]3)CC2)cc1. The van der Waals surface area contributed by atoms with Gasteiger partial charge in [-0.25, -0.2) is 13.4 Å². The lowest BCUT2D eigenvalue weighted by atomic mass is 9.87. The Bertz CT molecular complexity index is 767. The summed E-state index contributed by atoms with van der Waals surface area (Å²) in [7, 11) is -3.41. The smallest absolute Gasteiger partial charge is 0.243 e. The van der Waals surface area contributed by atoms with E-state index in [9.17, 15) is 8.42 Å². The minimum Gasteiger partial charge on any atom is -0.348 e. The van der Waals surface area contributed by atoms with Crippen LogP contribution < -0.4 is 0 Å². The van der Waals surface area contributed by atoms with Gasteiger partial charge in [-0.1, -0.05) is 32.9 Å². The number of H-pyrrole nitrogens is 1. The zero-order chi connectivity index (χ0) is 17.4. The summed E-state index contributed by atoms with van der Waals surface area (Å²) in [5.41, 5.74) is 1.15. The summed E-state index contributed by atoms with van der Waals surface area (Å²) in [5.74, 6) is 1.27. The van der Waals surface area contributed by atoms with Gasteiger partial charge in [0.05, 0.1) is 4.90 Å². The summed E-state index contributed by atoms with van der Waals surface area (Å²) in [6, 6.07) is 7.30. The van der Waals surface area contributed by atoms with Crippen LogP contribution in [0.1, 0.15) is 50.9 Å². The van der Waals surface area contributed by atoms with E-state index in [1.807, 2.05) is 18.3 Å². The number of benzene rings is 1. The van der Waals surface area contributed by atoms with E-state index in [0.717, 1.165) is 24.2 Å². The van der Waals surface area contributed by atoms with Crippen molar-refractivity contribution in [3.8, 4) is 0 Å². The van der Waals surface area contributed by atoms with Crippen LogP contribution in [0.15, 0.2) is 41.6 Å². The van der Waals surface area contributed by atoms with Gasteiger partial charge in [0.15, 0.2) is 0 Å². The Morgan fingerprint density at radius 3 is 2.25 bits per heavy atom. The van der Waals surface area contributed by atoms with E-state index in [-0.39, 0.29) is 5.41 Å². The molecule has 2 heterocycles. The summed E-state index contributed by atoms with van der Waals surface area (Å²) in [6.45, 7) is 7.44. The molecule has 1 saturated heterocycles. The highest BCUT2D eigenvalue weighted by Gasteiger charge is 2.30. The molecule has 1 aromatic heterocycles. The van der Waals surface area contributed by atoms with Crippen molar-refractivity contribution in [3.63, 3.8) is 0 Å². The average molecular weight is 347 g/mol. The van der Waals surface area contributed by atoms with Crippen molar-refractivity contribution in [1.82, 2.24) is 14.3 Å². The second-order valence-electron chi connectivity index (χ2n) is 7.43. The lowest BCUT2D eigenvalue weighted by Crippen LogP contribution is -2.38. The highest BCUT2D eigenvalue weighted by atomic mass is 32.2. The molecule has 6 heteroatoms. The Labute approximate surface area is 144 Å². The van der Waals surface area contributed by atoms with Crippen molar-refractivity contribution < 1.29 is 8.42 Å². The zero-order valence-corrected chi connectivity index (χ0v) is 15.3. The maximum absolute atomic E-state index is 12.8. The average Bonchev–Trinajstić information content (AvgIpc) is 3.09. The molecule has 0 amide bonds. The van der Waals surface area contributed by atoms with Gasteiger partial charge in [0, 0.05) is 31.4 Å². The van der Waals surface area contributed by atoms with Gasteiger partial charge in [-0.15, -0.1) is 0 Å². The number of nitrogens with one attached hydrogen (secondary N) is 1. The fourth-order valence-electron chi connectivity index (χ4n) is 3.15. The van der Waals surface area contributed by atoms with Crippen molar-refractivity contribution in [2.45, 2.75) is 49.8 Å². The van der Waals surface area contributed by atoms with Crippen LogP contribution in [-0.2, 0) is 15.4 Å². The topological polar surface area (TPSA) is 66.1 Å². The van der Waals surface area contributed by atoms with Crippen LogP contribution in [0.5, 0.6) is 0 Å². The van der Waals surface area contributed by atoms with Gasteiger partial charge in [0.2, 0.25) is 10.0 Å². The number of hydrogen-bond acceptors (Lipinski definition) is 3. The molecule has 3 rings (SSSR count).